The van der Waals surface area contributed by atoms with Gasteiger partial charge in [-0.2, -0.15) is 0 Å². The van der Waals surface area contributed by atoms with E-state index in [-0.39, 0.29) is 25.7 Å². The van der Waals surface area contributed by atoms with Crippen LogP contribution >= 0.6 is 0 Å². The van der Waals surface area contributed by atoms with Gasteiger partial charge >= 0.3 is 11.9 Å². The Labute approximate surface area is 133 Å². The highest BCUT2D eigenvalue weighted by Gasteiger charge is 2.40. The van der Waals surface area contributed by atoms with Gasteiger partial charge in [0.05, 0.1) is 12.3 Å². The number of carboxylic acids is 2. The second-order valence-electron chi connectivity index (χ2n) is 5.90. The molecule has 23 heavy (non-hydrogen) atoms. The third-order valence-electron chi connectivity index (χ3n) is 4.49. The normalized spacial score (nSPS) is 16.2. The highest BCUT2D eigenvalue weighted by molar-refractivity contribution is 5.85. The summed E-state index contributed by atoms with van der Waals surface area (Å²) in [6, 6.07) is 7.88. The van der Waals surface area contributed by atoms with Crippen molar-refractivity contribution in [2.45, 2.75) is 37.7 Å². The molecule has 0 unspecified atom stereocenters. The number of nitrogens with one attached hydrogen (secondary N) is 1. The van der Waals surface area contributed by atoms with Crippen molar-refractivity contribution in [3.05, 3.63) is 35.5 Å². The number of carbonyl (C=O) groups is 2. The molecule has 0 saturated carbocycles. The summed E-state index contributed by atoms with van der Waals surface area (Å²) in [5.74, 6) is -1.82. The van der Waals surface area contributed by atoms with E-state index < -0.39 is 17.5 Å². The van der Waals surface area contributed by atoms with E-state index in [1.54, 1.807) is 0 Å². The Kier molecular flexibility index (Phi) is 4.09. The summed E-state index contributed by atoms with van der Waals surface area (Å²) in [6.45, 7) is 0.466. The van der Waals surface area contributed by atoms with Crippen molar-refractivity contribution in [2.75, 3.05) is 6.61 Å². The number of hydrogen-bond donors (Lipinski definition) is 3. The summed E-state index contributed by atoms with van der Waals surface area (Å²) in [7, 11) is 0. The average Bonchev–Trinajstić information content (AvgIpc) is 2.91. The number of ether oxygens (including phenoxy) is 1. The Morgan fingerprint density at radius 1 is 1.13 bits per heavy atom. The van der Waals surface area contributed by atoms with Crippen molar-refractivity contribution < 1.29 is 24.5 Å². The Morgan fingerprint density at radius 3 is 2.43 bits per heavy atom. The lowest BCUT2D eigenvalue weighted by molar-refractivity contribution is -0.143. The molecule has 122 valence electrons. The first-order valence-corrected chi connectivity index (χ1v) is 7.69. The van der Waals surface area contributed by atoms with Crippen molar-refractivity contribution in [3.8, 4) is 0 Å². The van der Waals surface area contributed by atoms with E-state index in [9.17, 15) is 9.59 Å². The molecule has 0 spiro atoms. The number of fused-ring (bicyclic) bond motifs is 3. The molecule has 0 radical (unpaired) electrons. The maximum atomic E-state index is 11.0. The first-order valence-electron chi connectivity index (χ1n) is 7.69. The Bertz CT molecular complexity index is 731. The average molecular weight is 317 g/mol. The third kappa shape index (κ3) is 2.94. The summed E-state index contributed by atoms with van der Waals surface area (Å²) in [6.07, 6.45) is 1.13. The van der Waals surface area contributed by atoms with Gasteiger partial charge in [-0.05, 0) is 30.9 Å². The van der Waals surface area contributed by atoms with Gasteiger partial charge in [0.15, 0.2) is 0 Å². The molecular formula is C17H19NO5. The Morgan fingerprint density at radius 2 is 1.78 bits per heavy atom. The van der Waals surface area contributed by atoms with Gasteiger partial charge in [0.25, 0.3) is 0 Å². The van der Waals surface area contributed by atoms with Gasteiger partial charge in [-0.3, -0.25) is 9.59 Å². The van der Waals surface area contributed by atoms with Crippen LogP contribution in [0.25, 0.3) is 10.9 Å². The first kappa shape index (κ1) is 15.6. The maximum Gasteiger partial charge on any atom is 0.303 e. The number of benzene rings is 1. The van der Waals surface area contributed by atoms with E-state index in [1.165, 1.54) is 0 Å². The minimum atomic E-state index is -0.911. The van der Waals surface area contributed by atoms with Gasteiger partial charge in [0.1, 0.15) is 5.60 Å². The lowest BCUT2D eigenvalue weighted by Gasteiger charge is -2.37. The largest absolute Gasteiger partial charge is 0.481 e. The van der Waals surface area contributed by atoms with Crippen LogP contribution in [-0.4, -0.2) is 33.7 Å². The summed E-state index contributed by atoms with van der Waals surface area (Å²) in [4.78, 5) is 25.4. The van der Waals surface area contributed by atoms with Crippen LogP contribution in [0.1, 0.15) is 36.9 Å². The van der Waals surface area contributed by atoms with Crippen LogP contribution in [0, 0.1) is 0 Å². The summed E-state index contributed by atoms with van der Waals surface area (Å²) >= 11 is 0. The van der Waals surface area contributed by atoms with Crippen LogP contribution in [-0.2, 0) is 26.3 Å². The molecule has 1 aromatic carbocycles. The van der Waals surface area contributed by atoms with Gasteiger partial charge in [-0.1, -0.05) is 18.2 Å². The molecule has 3 N–H and O–H groups in total. The lowest BCUT2D eigenvalue weighted by Crippen LogP contribution is -2.37. The van der Waals surface area contributed by atoms with Gasteiger partial charge in [-0.25, -0.2) is 0 Å². The molecule has 1 aliphatic heterocycles. The molecule has 0 bridgehead atoms. The maximum absolute atomic E-state index is 11.0. The zero-order chi connectivity index (χ0) is 16.4. The smallest absolute Gasteiger partial charge is 0.303 e. The zero-order valence-electron chi connectivity index (χ0n) is 12.7. The molecule has 2 aromatic rings. The van der Waals surface area contributed by atoms with E-state index in [4.69, 9.17) is 14.9 Å². The predicted molar refractivity (Wildman–Crippen MR) is 83.4 cm³/mol. The van der Waals surface area contributed by atoms with Crippen LogP contribution in [0.15, 0.2) is 24.3 Å². The molecule has 0 saturated heterocycles. The topological polar surface area (TPSA) is 99.6 Å². The Hall–Kier alpha value is -2.34. The van der Waals surface area contributed by atoms with Crippen molar-refractivity contribution in [1.29, 1.82) is 0 Å². The SMILES string of the molecule is O=C(O)CCC1(CCC(=O)O)OCCc2c1[nH]c1ccccc21. The molecule has 6 nitrogen and oxygen atoms in total. The van der Waals surface area contributed by atoms with E-state index in [0.717, 1.165) is 28.6 Å². The van der Waals surface area contributed by atoms with Gasteiger partial charge in [0, 0.05) is 23.7 Å². The summed E-state index contributed by atoms with van der Waals surface area (Å²) < 4.78 is 5.96. The molecule has 1 aliphatic rings. The predicted octanol–water partition coefficient (Wildman–Crippen LogP) is 2.67. The number of aromatic amines is 1. The zero-order valence-corrected chi connectivity index (χ0v) is 12.7. The fourth-order valence-electron chi connectivity index (χ4n) is 3.41. The molecule has 0 atom stereocenters. The highest BCUT2D eigenvalue weighted by atomic mass is 16.5. The first-order chi connectivity index (χ1) is 11.0. The third-order valence-corrected chi connectivity index (χ3v) is 4.49. The van der Waals surface area contributed by atoms with Crippen LogP contribution < -0.4 is 0 Å². The second-order valence-corrected chi connectivity index (χ2v) is 5.90. The number of carboxylic acid groups (broad SMARTS) is 2. The molecule has 0 fully saturated rings. The van der Waals surface area contributed by atoms with Crippen molar-refractivity contribution in [3.63, 3.8) is 0 Å². The summed E-state index contributed by atoms with van der Waals surface area (Å²) in [5.41, 5.74) is 2.05. The molecule has 6 heteroatoms. The van der Waals surface area contributed by atoms with Gasteiger partial charge in [-0.15, -0.1) is 0 Å². The van der Waals surface area contributed by atoms with Crippen molar-refractivity contribution >= 4 is 22.8 Å². The minimum absolute atomic E-state index is 0.0611. The number of H-pyrrole nitrogens is 1. The number of para-hydroxylation sites is 1. The van der Waals surface area contributed by atoms with Gasteiger partial charge < -0.3 is 19.9 Å². The second kappa shape index (κ2) is 6.04. The number of aromatic nitrogens is 1. The lowest BCUT2D eigenvalue weighted by atomic mass is 9.83. The van der Waals surface area contributed by atoms with E-state index in [1.807, 2.05) is 24.3 Å². The van der Waals surface area contributed by atoms with Crippen LogP contribution in [0.2, 0.25) is 0 Å². The molecule has 1 aromatic heterocycles. The van der Waals surface area contributed by atoms with Gasteiger partial charge in [0.2, 0.25) is 0 Å². The molecule has 3 rings (SSSR count). The van der Waals surface area contributed by atoms with Crippen LogP contribution in [0.5, 0.6) is 0 Å². The quantitative estimate of drug-likeness (QED) is 0.760. The molecular weight excluding hydrogens is 298 g/mol. The van der Waals surface area contributed by atoms with E-state index in [2.05, 4.69) is 4.98 Å². The standard InChI is InChI=1S/C17H19NO5/c19-14(20)5-8-17(9-6-15(21)22)16-12(7-10-23-17)11-3-1-2-4-13(11)18-16/h1-4,18H,5-10H2,(H,19,20)(H,21,22). The number of hydrogen-bond acceptors (Lipinski definition) is 3. The van der Waals surface area contributed by atoms with E-state index >= 15 is 0 Å². The minimum Gasteiger partial charge on any atom is -0.481 e. The monoisotopic (exact) mass is 317 g/mol. The summed E-state index contributed by atoms with van der Waals surface area (Å²) in [5, 5.41) is 19.2. The fourth-order valence-corrected chi connectivity index (χ4v) is 3.41. The fraction of sp³-hybridized carbons (Fsp3) is 0.412. The molecule has 0 aliphatic carbocycles. The molecule has 2 heterocycles. The Balaban J connectivity index is 2.05. The van der Waals surface area contributed by atoms with Crippen LogP contribution in [0.3, 0.4) is 0 Å². The van der Waals surface area contributed by atoms with Crippen molar-refractivity contribution in [2.24, 2.45) is 0 Å². The highest BCUT2D eigenvalue weighted by Crippen LogP contribution is 2.42. The number of rotatable bonds is 6. The number of aliphatic carboxylic acids is 2. The molecule has 0 amide bonds. The van der Waals surface area contributed by atoms with E-state index in [0.29, 0.717) is 6.61 Å². The van der Waals surface area contributed by atoms with Crippen molar-refractivity contribution in [1.82, 2.24) is 4.98 Å². The van der Waals surface area contributed by atoms with Crippen LogP contribution in [0.4, 0.5) is 0 Å².